The quantitative estimate of drug-likeness (QED) is 0.788. The summed E-state index contributed by atoms with van der Waals surface area (Å²) >= 11 is 0. The monoisotopic (exact) mass is 319 g/mol. The van der Waals surface area contributed by atoms with Crippen molar-refractivity contribution in [2.24, 2.45) is 5.92 Å². The van der Waals surface area contributed by atoms with E-state index in [9.17, 15) is 4.79 Å². The van der Waals surface area contributed by atoms with E-state index >= 15 is 0 Å². The molecule has 0 heterocycles. The Balaban J connectivity index is 1.91. The van der Waals surface area contributed by atoms with Crippen molar-refractivity contribution in [1.82, 2.24) is 4.90 Å². The van der Waals surface area contributed by atoms with Crippen molar-refractivity contribution in [2.45, 2.75) is 58.5 Å². The fourth-order valence-corrected chi connectivity index (χ4v) is 3.13. The molecule has 2 rings (SSSR count). The first-order chi connectivity index (χ1) is 11.0. The highest BCUT2D eigenvalue weighted by Gasteiger charge is 2.15. The van der Waals surface area contributed by atoms with Gasteiger partial charge in [0.05, 0.1) is 13.2 Å². The number of carboxylic acids is 1. The van der Waals surface area contributed by atoms with Crippen LogP contribution < -0.4 is 4.74 Å². The van der Waals surface area contributed by atoms with Gasteiger partial charge in [0.15, 0.2) is 0 Å². The number of rotatable bonds is 8. The molecule has 0 radical (unpaired) electrons. The summed E-state index contributed by atoms with van der Waals surface area (Å²) in [5, 5.41) is 9.03. The maximum absolute atomic E-state index is 11.0. The first-order valence-corrected chi connectivity index (χ1v) is 8.72. The van der Waals surface area contributed by atoms with Crippen molar-refractivity contribution >= 4 is 5.97 Å². The van der Waals surface area contributed by atoms with Crippen LogP contribution in [0.4, 0.5) is 0 Å². The normalized spacial score (nSPS) is 16.0. The number of aliphatic carboxylic acids is 1. The maximum Gasteiger partial charge on any atom is 0.317 e. The zero-order valence-corrected chi connectivity index (χ0v) is 14.3. The Bertz CT molecular complexity index is 495. The molecule has 1 fully saturated rings. The Hall–Kier alpha value is -1.55. The molecular formula is C19H29NO3. The van der Waals surface area contributed by atoms with Crippen LogP contribution in [0.3, 0.4) is 0 Å². The minimum Gasteiger partial charge on any atom is -0.493 e. The van der Waals surface area contributed by atoms with E-state index in [0.717, 1.165) is 17.9 Å². The van der Waals surface area contributed by atoms with Gasteiger partial charge in [-0.1, -0.05) is 31.4 Å². The zero-order valence-electron chi connectivity index (χ0n) is 14.3. The summed E-state index contributed by atoms with van der Waals surface area (Å²) in [6.45, 7) is 5.53. The molecule has 0 bridgehead atoms. The second-order valence-electron chi connectivity index (χ2n) is 6.85. The average molecular weight is 319 g/mol. The van der Waals surface area contributed by atoms with Crippen molar-refractivity contribution in [2.75, 3.05) is 13.2 Å². The molecule has 4 heteroatoms. The number of benzene rings is 1. The summed E-state index contributed by atoms with van der Waals surface area (Å²) in [5.74, 6) is 0.794. The van der Waals surface area contributed by atoms with E-state index in [0.29, 0.717) is 12.5 Å². The standard InChI is InChI=1S/C19H29NO3/c1-15(2)20(13-19(21)22)12-17-9-6-10-18(11-17)23-14-16-7-4-3-5-8-16/h6,9-11,15-16H,3-5,7-8,12-14H2,1-2H3,(H,21,22). The molecule has 23 heavy (non-hydrogen) atoms. The Morgan fingerprint density at radius 1 is 1.30 bits per heavy atom. The molecular weight excluding hydrogens is 290 g/mol. The third-order valence-electron chi connectivity index (χ3n) is 4.56. The van der Waals surface area contributed by atoms with Gasteiger partial charge in [0.1, 0.15) is 5.75 Å². The lowest BCUT2D eigenvalue weighted by molar-refractivity contribution is -0.138. The largest absolute Gasteiger partial charge is 0.493 e. The van der Waals surface area contributed by atoms with Gasteiger partial charge in [0, 0.05) is 12.6 Å². The van der Waals surface area contributed by atoms with Gasteiger partial charge in [-0.25, -0.2) is 0 Å². The van der Waals surface area contributed by atoms with E-state index in [2.05, 4.69) is 0 Å². The lowest BCUT2D eigenvalue weighted by Gasteiger charge is -2.25. The number of hydrogen-bond acceptors (Lipinski definition) is 3. The van der Waals surface area contributed by atoms with Crippen molar-refractivity contribution in [3.63, 3.8) is 0 Å². The molecule has 1 aromatic carbocycles. The van der Waals surface area contributed by atoms with Crippen LogP contribution in [0.15, 0.2) is 24.3 Å². The van der Waals surface area contributed by atoms with Gasteiger partial charge in [-0.05, 0) is 50.3 Å². The molecule has 0 saturated heterocycles. The summed E-state index contributed by atoms with van der Waals surface area (Å²) in [6, 6.07) is 8.25. The molecule has 0 spiro atoms. The Morgan fingerprint density at radius 3 is 2.70 bits per heavy atom. The second kappa shape index (κ2) is 8.92. The average Bonchev–Trinajstić information content (AvgIpc) is 2.53. The lowest BCUT2D eigenvalue weighted by Crippen LogP contribution is -2.35. The van der Waals surface area contributed by atoms with E-state index in [1.54, 1.807) is 0 Å². The zero-order chi connectivity index (χ0) is 16.7. The molecule has 1 N–H and O–H groups in total. The highest BCUT2D eigenvalue weighted by Crippen LogP contribution is 2.25. The van der Waals surface area contributed by atoms with E-state index in [4.69, 9.17) is 9.84 Å². The molecule has 1 aromatic rings. The van der Waals surface area contributed by atoms with Gasteiger partial charge in [0.2, 0.25) is 0 Å². The van der Waals surface area contributed by atoms with Crippen LogP contribution in [0.1, 0.15) is 51.5 Å². The fraction of sp³-hybridized carbons (Fsp3) is 0.632. The van der Waals surface area contributed by atoms with Crippen molar-refractivity contribution in [3.8, 4) is 5.75 Å². The van der Waals surface area contributed by atoms with Gasteiger partial charge in [-0.15, -0.1) is 0 Å². The van der Waals surface area contributed by atoms with Crippen LogP contribution >= 0.6 is 0 Å². The smallest absolute Gasteiger partial charge is 0.317 e. The summed E-state index contributed by atoms with van der Waals surface area (Å²) in [4.78, 5) is 12.9. The number of nitrogens with zero attached hydrogens (tertiary/aromatic N) is 1. The maximum atomic E-state index is 11.0. The summed E-state index contributed by atoms with van der Waals surface area (Å²) in [6.07, 6.45) is 6.57. The number of carboxylic acid groups (broad SMARTS) is 1. The molecule has 1 aliphatic rings. The van der Waals surface area contributed by atoms with E-state index < -0.39 is 5.97 Å². The van der Waals surface area contributed by atoms with Crippen LogP contribution in [0.5, 0.6) is 5.75 Å². The van der Waals surface area contributed by atoms with Gasteiger partial charge < -0.3 is 9.84 Å². The Morgan fingerprint density at radius 2 is 2.04 bits per heavy atom. The number of carbonyl (C=O) groups is 1. The SMILES string of the molecule is CC(C)N(CC(=O)O)Cc1cccc(OCC2CCCCC2)c1. The van der Waals surface area contributed by atoms with Crippen molar-refractivity contribution in [3.05, 3.63) is 29.8 Å². The molecule has 1 aliphatic carbocycles. The van der Waals surface area contributed by atoms with E-state index in [1.165, 1.54) is 32.1 Å². The van der Waals surface area contributed by atoms with Gasteiger partial charge >= 0.3 is 5.97 Å². The fourth-order valence-electron chi connectivity index (χ4n) is 3.13. The van der Waals surface area contributed by atoms with Gasteiger partial charge in [-0.3, -0.25) is 9.69 Å². The predicted octanol–water partition coefficient (Wildman–Crippen LogP) is 3.94. The van der Waals surface area contributed by atoms with Gasteiger partial charge in [-0.2, -0.15) is 0 Å². The minimum absolute atomic E-state index is 0.0603. The van der Waals surface area contributed by atoms with Crippen LogP contribution in [0.25, 0.3) is 0 Å². The lowest BCUT2D eigenvalue weighted by atomic mass is 9.90. The Labute approximate surface area is 139 Å². The summed E-state index contributed by atoms with van der Waals surface area (Å²) < 4.78 is 5.97. The molecule has 0 unspecified atom stereocenters. The molecule has 0 atom stereocenters. The third-order valence-corrected chi connectivity index (χ3v) is 4.56. The molecule has 128 valence electrons. The van der Waals surface area contributed by atoms with Crippen molar-refractivity contribution < 1.29 is 14.6 Å². The molecule has 0 aliphatic heterocycles. The Kier molecular flexibility index (Phi) is 6.90. The third kappa shape index (κ3) is 6.22. The molecule has 0 aromatic heterocycles. The highest BCUT2D eigenvalue weighted by molar-refractivity contribution is 5.69. The van der Waals surface area contributed by atoms with Crippen LogP contribution in [0, 0.1) is 5.92 Å². The summed E-state index contributed by atoms with van der Waals surface area (Å²) in [5.41, 5.74) is 1.10. The van der Waals surface area contributed by atoms with Gasteiger partial charge in [0.25, 0.3) is 0 Å². The van der Waals surface area contributed by atoms with E-state index in [-0.39, 0.29) is 12.6 Å². The minimum atomic E-state index is -0.789. The van der Waals surface area contributed by atoms with Crippen LogP contribution in [-0.2, 0) is 11.3 Å². The topological polar surface area (TPSA) is 49.8 Å². The molecule has 1 saturated carbocycles. The molecule has 0 amide bonds. The van der Waals surface area contributed by atoms with Crippen LogP contribution in [0.2, 0.25) is 0 Å². The first-order valence-electron chi connectivity index (χ1n) is 8.72. The molecule has 4 nitrogen and oxygen atoms in total. The van der Waals surface area contributed by atoms with Crippen LogP contribution in [-0.4, -0.2) is 35.2 Å². The van der Waals surface area contributed by atoms with Crippen molar-refractivity contribution in [1.29, 1.82) is 0 Å². The number of ether oxygens (including phenoxy) is 1. The highest BCUT2D eigenvalue weighted by atomic mass is 16.5. The second-order valence-corrected chi connectivity index (χ2v) is 6.85. The summed E-state index contributed by atoms with van der Waals surface area (Å²) in [7, 11) is 0. The predicted molar refractivity (Wildman–Crippen MR) is 91.7 cm³/mol. The van der Waals surface area contributed by atoms with E-state index in [1.807, 2.05) is 43.0 Å². The number of hydrogen-bond donors (Lipinski definition) is 1. The first kappa shape index (κ1) is 17.8.